The molecule has 1 aliphatic carbocycles. The quantitative estimate of drug-likeness (QED) is 0.437. The van der Waals surface area contributed by atoms with E-state index in [0.29, 0.717) is 42.4 Å². The molecule has 3 aromatic rings. The number of nitriles is 1. The van der Waals surface area contributed by atoms with Gasteiger partial charge in [-0.1, -0.05) is 24.3 Å². The number of hydrogen-bond acceptors (Lipinski definition) is 7. The molecule has 6 rings (SSSR count). The van der Waals surface area contributed by atoms with Crippen molar-refractivity contribution in [1.82, 2.24) is 29.8 Å². The highest BCUT2D eigenvalue weighted by Gasteiger charge is 2.81. The van der Waals surface area contributed by atoms with E-state index in [9.17, 15) is 23.2 Å². The van der Waals surface area contributed by atoms with Crippen LogP contribution in [0.2, 0.25) is 0 Å². The van der Waals surface area contributed by atoms with Gasteiger partial charge in [0.25, 0.3) is 0 Å². The predicted molar refractivity (Wildman–Crippen MR) is 143 cm³/mol. The third-order valence-electron chi connectivity index (χ3n) is 8.97. The summed E-state index contributed by atoms with van der Waals surface area (Å²) in [5.74, 6) is 0.766. The van der Waals surface area contributed by atoms with E-state index in [-0.39, 0.29) is 46.6 Å². The minimum atomic E-state index is -4.54. The number of aryl methyl sites for hydroxylation is 2. The van der Waals surface area contributed by atoms with Crippen LogP contribution < -0.4 is 0 Å². The Hall–Kier alpha value is -3.72. The van der Waals surface area contributed by atoms with Gasteiger partial charge in [0.05, 0.1) is 28.4 Å². The number of carbonyl (C=O) groups is 1. The van der Waals surface area contributed by atoms with E-state index in [2.05, 4.69) is 27.1 Å². The minimum absolute atomic E-state index is 0.0141. The molecule has 1 aromatic carbocycles. The van der Waals surface area contributed by atoms with Crippen LogP contribution >= 0.6 is 0 Å². The molecule has 216 valence electrons. The molecular formula is C29H32F3N7O2. The summed E-state index contributed by atoms with van der Waals surface area (Å²) >= 11 is 0. The first-order valence-electron chi connectivity index (χ1n) is 13.8. The Kier molecular flexibility index (Phi) is 6.12. The summed E-state index contributed by atoms with van der Waals surface area (Å²) in [6, 6.07) is 8.02. The molecule has 1 saturated carbocycles. The number of piperidine rings is 1. The molecule has 0 bridgehead atoms. The van der Waals surface area contributed by atoms with Crippen molar-refractivity contribution in [3.63, 3.8) is 0 Å². The van der Waals surface area contributed by atoms with E-state index in [1.165, 1.54) is 10.7 Å². The van der Waals surface area contributed by atoms with Crippen LogP contribution in [0.5, 0.6) is 0 Å². The lowest BCUT2D eigenvalue weighted by Crippen LogP contribution is -2.69. The molecule has 1 amide bonds. The predicted octanol–water partition coefficient (Wildman–Crippen LogP) is 4.79. The number of amides is 1. The van der Waals surface area contributed by atoms with Crippen molar-refractivity contribution in [2.45, 2.75) is 63.9 Å². The molecule has 1 spiro atoms. The number of likely N-dealkylation sites (tertiary alicyclic amines) is 2. The zero-order valence-electron chi connectivity index (χ0n) is 23.7. The molecule has 3 fully saturated rings. The second-order valence-corrected chi connectivity index (χ2v) is 12.4. The number of carbonyl (C=O) groups excluding carboxylic acids is 1. The van der Waals surface area contributed by atoms with Crippen LogP contribution in [-0.4, -0.2) is 72.7 Å². The fraction of sp³-hybridized carbons (Fsp3) is 0.552. The molecule has 2 aliphatic heterocycles. The summed E-state index contributed by atoms with van der Waals surface area (Å²) in [5.41, 5.74) is 0.131. The Morgan fingerprint density at radius 3 is 2.66 bits per heavy atom. The molecule has 12 heteroatoms. The number of ether oxygens (including phenoxy) is 1. The summed E-state index contributed by atoms with van der Waals surface area (Å²) in [6.07, 6.45) is -4.00. The lowest BCUT2D eigenvalue weighted by Gasteiger charge is -2.51. The van der Waals surface area contributed by atoms with Gasteiger partial charge in [-0.25, -0.2) is 14.5 Å². The lowest BCUT2D eigenvalue weighted by atomic mass is 9.91. The number of aromatic nitrogens is 4. The number of hydrogen-bond donors (Lipinski definition) is 0. The third kappa shape index (κ3) is 4.33. The van der Waals surface area contributed by atoms with Gasteiger partial charge in [-0.3, -0.25) is 9.80 Å². The SMILES string of the molecule is C[C@H]1C2CN(CCCc3ccc(-c4cc5c(nnn5C)c(C#N)n4)cc3C(F)(F)F)C3CN(C(=O)OC(C)(C)C)C231. The lowest BCUT2D eigenvalue weighted by molar-refractivity contribution is -0.138. The second-order valence-electron chi connectivity index (χ2n) is 12.4. The van der Waals surface area contributed by atoms with Gasteiger partial charge in [0.15, 0.2) is 5.69 Å². The molecule has 3 unspecified atom stereocenters. The molecule has 4 heterocycles. The highest BCUT2D eigenvalue weighted by Crippen LogP contribution is 2.67. The zero-order chi connectivity index (χ0) is 29.5. The van der Waals surface area contributed by atoms with Crippen LogP contribution in [0.1, 0.15) is 50.9 Å². The first kappa shape index (κ1) is 27.4. The van der Waals surface area contributed by atoms with Crippen molar-refractivity contribution in [2.24, 2.45) is 18.9 Å². The number of halogens is 3. The van der Waals surface area contributed by atoms with Gasteiger partial charge in [-0.15, -0.1) is 5.10 Å². The average molecular weight is 568 g/mol. The van der Waals surface area contributed by atoms with E-state index in [1.807, 2.05) is 31.7 Å². The number of rotatable bonds is 5. The van der Waals surface area contributed by atoms with Gasteiger partial charge in [0.2, 0.25) is 0 Å². The average Bonchev–Trinajstić information content (AvgIpc) is 3.17. The van der Waals surface area contributed by atoms with Crippen LogP contribution in [0, 0.1) is 23.2 Å². The Labute approximate surface area is 235 Å². The number of nitrogens with zero attached hydrogens (tertiary/aromatic N) is 7. The summed E-state index contributed by atoms with van der Waals surface area (Å²) in [4.78, 5) is 21.2. The van der Waals surface area contributed by atoms with Gasteiger partial charge in [0.1, 0.15) is 17.2 Å². The summed E-state index contributed by atoms with van der Waals surface area (Å²) < 4.78 is 49.6. The van der Waals surface area contributed by atoms with Crippen LogP contribution in [0.3, 0.4) is 0 Å². The number of pyridine rings is 1. The molecule has 41 heavy (non-hydrogen) atoms. The molecule has 2 aromatic heterocycles. The Balaban J connectivity index is 1.16. The number of alkyl halides is 3. The van der Waals surface area contributed by atoms with Gasteiger partial charge in [0, 0.05) is 31.6 Å². The fourth-order valence-corrected chi connectivity index (χ4v) is 7.04. The van der Waals surface area contributed by atoms with E-state index >= 15 is 0 Å². The summed E-state index contributed by atoms with van der Waals surface area (Å²) in [5, 5.41) is 17.3. The van der Waals surface area contributed by atoms with Gasteiger partial charge in [-0.2, -0.15) is 18.4 Å². The van der Waals surface area contributed by atoms with E-state index in [4.69, 9.17) is 4.74 Å². The molecule has 3 aliphatic rings. The van der Waals surface area contributed by atoms with Crippen molar-refractivity contribution in [3.8, 4) is 17.3 Å². The Bertz CT molecular complexity index is 1590. The topological polar surface area (TPSA) is 100 Å². The maximum atomic E-state index is 14.2. The maximum Gasteiger partial charge on any atom is 0.416 e. The first-order chi connectivity index (χ1) is 19.3. The Morgan fingerprint density at radius 1 is 1.22 bits per heavy atom. The second kappa shape index (κ2) is 9.14. The smallest absolute Gasteiger partial charge is 0.416 e. The van der Waals surface area contributed by atoms with E-state index in [1.54, 1.807) is 19.2 Å². The van der Waals surface area contributed by atoms with Crippen LogP contribution in [0.4, 0.5) is 18.0 Å². The summed E-state index contributed by atoms with van der Waals surface area (Å²) in [6.45, 7) is 9.82. The van der Waals surface area contributed by atoms with Crippen molar-refractivity contribution >= 4 is 17.1 Å². The minimum Gasteiger partial charge on any atom is -0.444 e. The molecular weight excluding hydrogens is 535 g/mol. The third-order valence-corrected chi connectivity index (χ3v) is 8.97. The van der Waals surface area contributed by atoms with Crippen molar-refractivity contribution in [2.75, 3.05) is 19.6 Å². The van der Waals surface area contributed by atoms with E-state index in [0.717, 1.165) is 12.6 Å². The highest BCUT2D eigenvalue weighted by atomic mass is 19.4. The Morgan fingerprint density at radius 2 is 1.98 bits per heavy atom. The standard InChI is InChI=1S/C29H32F3N7O2/c1-16-20-14-38(24-15-39(28(16,20)24)26(40)41-27(2,3)4)10-6-7-17-8-9-18(11-19(17)29(30,31)32)21-12-23-25(22(13-33)34-21)35-36-37(23)5/h8-9,11-12,16,20,24H,6-7,10,14-15H2,1-5H3/t16-,20?,24?,28?/m0/s1. The highest BCUT2D eigenvalue weighted by molar-refractivity contribution is 5.83. The molecule has 9 nitrogen and oxygen atoms in total. The van der Waals surface area contributed by atoms with E-state index < -0.39 is 17.3 Å². The van der Waals surface area contributed by atoms with Gasteiger partial charge < -0.3 is 4.74 Å². The van der Waals surface area contributed by atoms with Crippen molar-refractivity contribution in [3.05, 3.63) is 41.1 Å². The molecule has 2 saturated heterocycles. The first-order valence-corrected chi connectivity index (χ1v) is 13.8. The van der Waals surface area contributed by atoms with Crippen LogP contribution in [-0.2, 0) is 24.4 Å². The number of fused-ring (bicyclic) bond motifs is 1. The fourth-order valence-electron chi connectivity index (χ4n) is 7.04. The maximum absolute atomic E-state index is 14.2. The van der Waals surface area contributed by atoms with Crippen molar-refractivity contribution < 1.29 is 22.7 Å². The molecule has 0 N–H and O–H groups in total. The van der Waals surface area contributed by atoms with Gasteiger partial charge in [-0.05, 0) is 63.8 Å². The molecule has 0 radical (unpaired) electrons. The largest absolute Gasteiger partial charge is 0.444 e. The van der Waals surface area contributed by atoms with Crippen molar-refractivity contribution in [1.29, 1.82) is 5.26 Å². The summed E-state index contributed by atoms with van der Waals surface area (Å²) in [7, 11) is 1.65. The molecule has 4 atom stereocenters. The number of benzene rings is 1. The van der Waals surface area contributed by atoms with Crippen LogP contribution in [0.15, 0.2) is 24.3 Å². The zero-order valence-corrected chi connectivity index (χ0v) is 23.7. The monoisotopic (exact) mass is 567 g/mol. The normalized spacial score (nSPS) is 25.4. The van der Waals surface area contributed by atoms with Gasteiger partial charge >= 0.3 is 12.3 Å². The van der Waals surface area contributed by atoms with Crippen LogP contribution in [0.25, 0.3) is 22.3 Å².